The highest BCUT2D eigenvalue weighted by Crippen LogP contribution is 2.49. The average molecular weight is 695 g/mol. The van der Waals surface area contributed by atoms with Gasteiger partial charge >= 0.3 is 11.8 Å². The molecule has 1 aromatic heterocycles. The molecule has 3 saturated heterocycles. The third-order valence-corrected chi connectivity index (χ3v) is 11.1. The van der Waals surface area contributed by atoms with E-state index in [1.165, 1.54) is 17.8 Å². The lowest BCUT2D eigenvalue weighted by Crippen LogP contribution is -2.71. The molecule has 5 heterocycles. The number of rotatable bonds is 4. The number of morpholine rings is 1. The van der Waals surface area contributed by atoms with Crippen molar-refractivity contribution in [3.05, 3.63) is 50.4 Å². The summed E-state index contributed by atoms with van der Waals surface area (Å²) in [6.45, 7) is 12.3. The number of ether oxygens (including phenoxy) is 2. The first-order chi connectivity index (χ1) is 21.7. The van der Waals surface area contributed by atoms with E-state index in [1.54, 1.807) is 15.5 Å². The number of hydrogen-bond donors (Lipinski definition) is 0. The molecule has 0 bridgehead atoms. The Labute approximate surface area is 279 Å². The Morgan fingerprint density at radius 3 is 2.50 bits per heavy atom. The number of likely N-dealkylation sites (tertiary alicyclic amines) is 1. The van der Waals surface area contributed by atoms with Gasteiger partial charge in [0.15, 0.2) is 0 Å². The molecule has 0 spiro atoms. The third kappa shape index (κ3) is 5.34. The molecule has 7 rings (SSSR count). The minimum absolute atomic E-state index is 0.0572. The van der Waals surface area contributed by atoms with Gasteiger partial charge in [0.2, 0.25) is 0 Å². The molecule has 1 amide bonds. The van der Waals surface area contributed by atoms with E-state index in [9.17, 15) is 14.0 Å². The maximum Gasteiger partial charge on any atom is 0.410 e. The van der Waals surface area contributed by atoms with Gasteiger partial charge in [-0.2, -0.15) is 4.98 Å². The second kappa shape index (κ2) is 11.5. The normalized spacial score (nSPS) is 26.1. The Balaban J connectivity index is 1.36. The van der Waals surface area contributed by atoms with Gasteiger partial charge in [0.1, 0.15) is 23.1 Å². The number of fused-ring (bicyclic) bond motifs is 1. The molecule has 0 N–H and O–H groups in total. The predicted octanol–water partition coefficient (Wildman–Crippen LogP) is 6.21. The van der Waals surface area contributed by atoms with E-state index in [0.717, 1.165) is 12.6 Å². The molecule has 0 saturated carbocycles. The van der Waals surface area contributed by atoms with Crippen molar-refractivity contribution >= 4 is 57.8 Å². The van der Waals surface area contributed by atoms with E-state index < -0.39 is 29.0 Å². The van der Waals surface area contributed by atoms with Crippen LogP contribution < -0.4 is 10.6 Å². The number of nitrogens with zero attached hydrogens (tertiary/aromatic N) is 5. The van der Waals surface area contributed by atoms with Gasteiger partial charge in [0.05, 0.1) is 40.4 Å². The molecular formula is C32H35Cl2F2N5O4S. The zero-order valence-corrected chi connectivity index (χ0v) is 28.5. The van der Waals surface area contributed by atoms with Crippen LogP contribution in [-0.4, -0.2) is 93.8 Å². The van der Waals surface area contributed by atoms with Crippen LogP contribution in [0.15, 0.2) is 27.9 Å². The zero-order chi connectivity index (χ0) is 32.8. The van der Waals surface area contributed by atoms with Crippen molar-refractivity contribution in [2.75, 3.05) is 43.4 Å². The summed E-state index contributed by atoms with van der Waals surface area (Å²) in [7, 11) is 0. The van der Waals surface area contributed by atoms with E-state index >= 15 is 4.39 Å². The predicted molar refractivity (Wildman–Crippen MR) is 175 cm³/mol. The van der Waals surface area contributed by atoms with Crippen LogP contribution in [0.25, 0.3) is 22.0 Å². The van der Waals surface area contributed by atoms with Crippen molar-refractivity contribution < 1.29 is 23.0 Å². The van der Waals surface area contributed by atoms with Crippen molar-refractivity contribution in [1.82, 2.24) is 19.4 Å². The molecule has 4 aliphatic heterocycles. The maximum atomic E-state index is 15.4. The molecule has 0 aliphatic carbocycles. The average Bonchev–Trinajstić information content (AvgIpc) is 2.95. The second-order valence-electron chi connectivity index (χ2n) is 13.6. The first kappa shape index (κ1) is 31.9. The van der Waals surface area contributed by atoms with E-state index in [0.29, 0.717) is 65.2 Å². The number of benzene rings is 2. The number of amides is 1. The molecule has 2 aromatic carbocycles. The monoisotopic (exact) mass is 693 g/mol. The minimum atomic E-state index is -0.869. The van der Waals surface area contributed by atoms with Crippen LogP contribution in [0.5, 0.6) is 0 Å². The molecule has 9 nitrogen and oxygen atoms in total. The van der Waals surface area contributed by atoms with Gasteiger partial charge < -0.3 is 19.3 Å². The Morgan fingerprint density at radius 2 is 1.85 bits per heavy atom. The number of aromatic nitrogens is 2. The molecular weight excluding hydrogens is 659 g/mol. The fourth-order valence-electron chi connectivity index (χ4n) is 6.92. The van der Waals surface area contributed by atoms with Crippen LogP contribution in [0, 0.1) is 11.6 Å². The Bertz CT molecular complexity index is 1820. The van der Waals surface area contributed by atoms with Crippen molar-refractivity contribution in [1.29, 1.82) is 0 Å². The quantitative estimate of drug-likeness (QED) is 0.299. The Morgan fingerprint density at radius 1 is 1.09 bits per heavy atom. The number of thioether (sulfide) groups is 1. The molecule has 3 aromatic rings. The van der Waals surface area contributed by atoms with Crippen LogP contribution in [0.4, 0.5) is 19.4 Å². The van der Waals surface area contributed by atoms with Crippen molar-refractivity contribution in [2.24, 2.45) is 0 Å². The van der Waals surface area contributed by atoms with E-state index in [4.69, 9.17) is 32.7 Å². The third-order valence-electron chi connectivity index (χ3n) is 9.29. The molecule has 14 heteroatoms. The molecule has 3 fully saturated rings. The van der Waals surface area contributed by atoms with Gasteiger partial charge in [0.25, 0.3) is 0 Å². The van der Waals surface area contributed by atoms with Crippen LogP contribution in [0.2, 0.25) is 10.0 Å². The molecule has 4 aliphatic rings. The highest BCUT2D eigenvalue weighted by atomic mass is 35.5. The molecule has 1 unspecified atom stereocenters. The molecule has 0 radical (unpaired) electrons. The number of carbonyl (C=O) groups is 1. The van der Waals surface area contributed by atoms with Gasteiger partial charge in [-0.1, -0.05) is 23.2 Å². The fraction of sp³-hybridized carbons (Fsp3) is 0.531. The standard InChI is InChI=1S/C32H35Cl2F2N5O4S/c1-15-10-40(31(43)45-32(3,4)5)16(2)9-39(15)29-19-7-21(34)26(18-6-20(33)23(36)8-22(18)35)28-27(19)41(30(42)37-29)17(14-46-28)11-38-12-25-24(38)13-44-25/h6-8,15-17,24-25H,9-14H2,1-5H3/t15-,16+,17-,24+,25?/m0/s1. The minimum Gasteiger partial charge on any atom is -0.444 e. The maximum absolute atomic E-state index is 15.4. The fourth-order valence-corrected chi connectivity index (χ4v) is 8.77. The Hall–Kier alpha value is -2.64. The van der Waals surface area contributed by atoms with E-state index in [-0.39, 0.29) is 39.8 Å². The molecule has 246 valence electrons. The lowest BCUT2D eigenvalue weighted by molar-refractivity contribution is -0.216. The first-order valence-corrected chi connectivity index (χ1v) is 17.1. The van der Waals surface area contributed by atoms with Gasteiger partial charge in [-0.15, -0.1) is 11.8 Å². The SMILES string of the molecule is C[C@@H]1CN(c2nc(=O)n3c4c(c(-c5cc(Cl)c(F)cc5F)c(Cl)cc24)SC[C@@H]3CN2CC3OC[C@H]32)[C@@H](C)CN1C(=O)OC(C)(C)C. The number of anilines is 1. The summed E-state index contributed by atoms with van der Waals surface area (Å²) in [6, 6.07) is 3.40. The second-order valence-corrected chi connectivity index (χ2v) is 15.5. The highest BCUT2D eigenvalue weighted by Gasteiger charge is 2.48. The summed E-state index contributed by atoms with van der Waals surface area (Å²) < 4.78 is 42.5. The van der Waals surface area contributed by atoms with E-state index in [1.807, 2.05) is 39.5 Å². The number of carbonyl (C=O) groups excluding carboxylic acids is 1. The zero-order valence-electron chi connectivity index (χ0n) is 26.2. The summed E-state index contributed by atoms with van der Waals surface area (Å²) >= 11 is 14.6. The lowest BCUT2D eigenvalue weighted by Gasteiger charge is -2.55. The van der Waals surface area contributed by atoms with Gasteiger partial charge in [-0.3, -0.25) is 9.47 Å². The van der Waals surface area contributed by atoms with Crippen LogP contribution in [0.3, 0.4) is 0 Å². The largest absolute Gasteiger partial charge is 0.444 e. The lowest BCUT2D eigenvalue weighted by atomic mass is 9.94. The van der Waals surface area contributed by atoms with Crippen molar-refractivity contribution in [2.45, 2.75) is 75.4 Å². The molecule has 5 atom stereocenters. The highest BCUT2D eigenvalue weighted by molar-refractivity contribution is 7.99. The topological polar surface area (TPSA) is 80.1 Å². The number of halogens is 4. The Kier molecular flexibility index (Phi) is 7.99. The summed E-state index contributed by atoms with van der Waals surface area (Å²) in [5.74, 6) is -0.693. The summed E-state index contributed by atoms with van der Waals surface area (Å²) in [4.78, 5) is 38.5. The van der Waals surface area contributed by atoms with Crippen molar-refractivity contribution in [3.8, 4) is 11.1 Å². The molecule has 46 heavy (non-hydrogen) atoms. The summed E-state index contributed by atoms with van der Waals surface area (Å²) in [5.41, 5.74) is -0.0387. The van der Waals surface area contributed by atoms with Gasteiger partial charge in [-0.25, -0.2) is 18.4 Å². The van der Waals surface area contributed by atoms with Crippen LogP contribution in [-0.2, 0) is 9.47 Å². The summed E-state index contributed by atoms with van der Waals surface area (Å²) in [5, 5.41) is 0.646. The van der Waals surface area contributed by atoms with Gasteiger partial charge in [0, 0.05) is 71.5 Å². The van der Waals surface area contributed by atoms with Gasteiger partial charge in [-0.05, 0) is 46.8 Å². The summed E-state index contributed by atoms with van der Waals surface area (Å²) in [6.07, 6.45) is -0.145. The first-order valence-electron chi connectivity index (χ1n) is 15.4. The number of piperazine rings is 1. The van der Waals surface area contributed by atoms with Crippen molar-refractivity contribution in [3.63, 3.8) is 0 Å². The van der Waals surface area contributed by atoms with E-state index in [2.05, 4.69) is 9.88 Å². The van der Waals surface area contributed by atoms with Crippen LogP contribution >= 0.6 is 35.0 Å². The van der Waals surface area contributed by atoms with Crippen LogP contribution in [0.1, 0.15) is 40.7 Å². The number of hydrogen-bond acceptors (Lipinski definition) is 8. The smallest absolute Gasteiger partial charge is 0.410 e.